The van der Waals surface area contributed by atoms with E-state index in [0.29, 0.717) is 0 Å². The van der Waals surface area contributed by atoms with Crippen LogP contribution in [0.5, 0.6) is 0 Å². The lowest BCUT2D eigenvalue weighted by molar-refractivity contribution is 0.136. The summed E-state index contributed by atoms with van der Waals surface area (Å²) in [6, 6.07) is 10.7. The Bertz CT molecular complexity index is 258. The molecule has 0 aliphatic carbocycles. The van der Waals surface area contributed by atoms with Gasteiger partial charge in [0.1, 0.15) is 0 Å². The van der Waals surface area contributed by atoms with Gasteiger partial charge in [0, 0.05) is 12.1 Å². The van der Waals surface area contributed by atoms with Gasteiger partial charge in [0.05, 0.1) is 0 Å². The molecule has 0 aliphatic rings. The van der Waals surface area contributed by atoms with E-state index in [-0.39, 0.29) is 5.54 Å². The summed E-state index contributed by atoms with van der Waals surface area (Å²) < 4.78 is 0. The lowest BCUT2D eigenvalue weighted by atomic mass is 10.0. The summed E-state index contributed by atoms with van der Waals surface area (Å²) in [5, 5.41) is 0. The second-order valence-corrected chi connectivity index (χ2v) is 4.67. The van der Waals surface area contributed by atoms with Crippen LogP contribution < -0.4 is 0 Å². The lowest BCUT2D eigenvalue weighted by Gasteiger charge is -2.34. The normalized spacial score (nSPS) is 12.1. The molecule has 0 heterocycles. The summed E-state index contributed by atoms with van der Waals surface area (Å²) in [5.41, 5.74) is 1.65. The first-order chi connectivity index (χ1) is 6.54. The molecule has 1 heteroatoms. The van der Waals surface area contributed by atoms with Crippen molar-refractivity contribution in [1.29, 1.82) is 0 Å². The molecule has 0 atom stereocenters. The van der Waals surface area contributed by atoms with E-state index >= 15 is 0 Å². The van der Waals surface area contributed by atoms with E-state index in [0.717, 1.165) is 13.1 Å². The number of hydrogen-bond donors (Lipinski definition) is 0. The Morgan fingerprint density at radius 1 is 1.07 bits per heavy atom. The van der Waals surface area contributed by atoms with Gasteiger partial charge in [-0.2, -0.15) is 0 Å². The maximum atomic E-state index is 2.47. The zero-order valence-corrected chi connectivity index (χ0v) is 9.75. The summed E-state index contributed by atoms with van der Waals surface area (Å²) in [7, 11) is 0. The van der Waals surface area contributed by atoms with Gasteiger partial charge in [0.15, 0.2) is 0 Å². The van der Waals surface area contributed by atoms with Gasteiger partial charge < -0.3 is 0 Å². The highest BCUT2D eigenvalue weighted by atomic mass is 15.2. The molecule has 0 amide bonds. The summed E-state index contributed by atoms with van der Waals surface area (Å²) in [4.78, 5) is 2.47. The maximum Gasteiger partial charge on any atom is 0.0238 e. The Morgan fingerprint density at radius 2 is 1.64 bits per heavy atom. The molecular formula is C13H21N. The minimum atomic E-state index is 0.255. The molecule has 0 fully saturated rings. The van der Waals surface area contributed by atoms with Crippen molar-refractivity contribution in [2.75, 3.05) is 6.54 Å². The molecule has 1 rings (SSSR count). The van der Waals surface area contributed by atoms with Crippen LogP contribution >= 0.6 is 0 Å². The molecule has 1 aromatic carbocycles. The third kappa shape index (κ3) is 3.15. The quantitative estimate of drug-likeness (QED) is 0.708. The fraction of sp³-hybridized carbons (Fsp3) is 0.538. The van der Waals surface area contributed by atoms with Gasteiger partial charge in [0.2, 0.25) is 0 Å². The Morgan fingerprint density at radius 3 is 2.07 bits per heavy atom. The molecule has 1 aromatic rings. The monoisotopic (exact) mass is 191 g/mol. The largest absolute Gasteiger partial charge is 0.295 e. The Hall–Kier alpha value is -0.820. The molecular weight excluding hydrogens is 170 g/mol. The fourth-order valence-electron chi connectivity index (χ4n) is 1.63. The highest BCUT2D eigenvalue weighted by Crippen LogP contribution is 2.16. The minimum Gasteiger partial charge on any atom is -0.295 e. The predicted octanol–water partition coefficient (Wildman–Crippen LogP) is 3.31. The van der Waals surface area contributed by atoms with Crippen LogP contribution in [0.1, 0.15) is 33.3 Å². The average Bonchev–Trinajstić information content (AvgIpc) is 2.14. The first-order valence-corrected chi connectivity index (χ1v) is 5.33. The van der Waals surface area contributed by atoms with Crippen molar-refractivity contribution < 1.29 is 0 Å². The SMILES string of the molecule is CCN(Cc1ccccc1)C(C)(C)C. The molecule has 0 saturated carbocycles. The van der Waals surface area contributed by atoms with Gasteiger partial charge >= 0.3 is 0 Å². The molecule has 0 aromatic heterocycles. The molecule has 1 nitrogen and oxygen atoms in total. The first-order valence-electron chi connectivity index (χ1n) is 5.33. The third-order valence-electron chi connectivity index (χ3n) is 2.55. The number of hydrogen-bond acceptors (Lipinski definition) is 1. The van der Waals surface area contributed by atoms with Crippen LogP contribution in [-0.4, -0.2) is 17.0 Å². The van der Waals surface area contributed by atoms with Crippen LogP contribution in [0.25, 0.3) is 0 Å². The highest BCUT2D eigenvalue weighted by Gasteiger charge is 2.18. The van der Waals surface area contributed by atoms with Gasteiger partial charge in [-0.15, -0.1) is 0 Å². The van der Waals surface area contributed by atoms with Crippen LogP contribution in [0.2, 0.25) is 0 Å². The van der Waals surface area contributed by atoms with E-state index in [1.807, 2.05) is 0 Å². The van der Waals surface area contributed by atoms with E-state index < -0.39 is 0 Å². The minimum absolute atomic E-state index is 0.255. The standard InChI is InChI=1S/C13H21N/c1-5-14(13(2,3)4)11-12-9-7-6-8-10-12/h6-10H,5,11H2,1-4H3. The van der Waals surface area contributed by atoms with Crippen LogP contribution in [0, 0.1) is 0 Å². The predicted molar refractivity (Wildman–Crippen MR) is 62.3 cm³/mol. The first kappa shape index (κ1) is 11.3. The fourth-order valence-corrected chi connectivity index (χ4v) is 1.63. The molecule has 0 unspecified atom stereocenters. The third-order valence-corrected chi connectivity index (χ3v) is 2.55. The molecule has 0 aliphatic heterocycles. The summed E-state index contributed by atoms with van der Waals surface area (Å²) in [6.07, 6.45) is 0. The highest BCUT2D eigenvalue weighted by molar-refractivity contribution is 5.14. The zero-order chi connectivity index (χ0) is 10.6. The van der Waals surface area contributed by atoms with E-state index in [1.54, 1.807) is 0 Å². The van der Waals surface area contributed by atoms with Gasteiger partial charge in [-0.05, 0) is 32.9 Å². The van der Waals surface area contributed by atoms with Crippen molar-refractivity contribution in [2.24, 2.45) is 0 Å². The maximum absolute atomic E-state index is 2.47. The molecule has 0 spiro atoms. The topological polar surface area (TPSA) is 3.24 Å². The van der Waals surface area contributed by atoms with E-state index in [4.69, 9.17) is 0 Å². The van der Waals surface area contributed by atoms with Crippen molar-refractivity contribution in [3.8, 4) is 0 Å². The zero-order valence-electron chi connectivity index (χ0n) is 9.75. The summed E-state index contributed by atoms with van der Waals surface area (Å²) >= 11 is 0. The van der Waals surface area contributed by atoms with Crippen molar-refractivity contribution in [3.05, 3.63) is 35.9 Å². The second kappa shape index (κ2) is 4.61. The Labute approximate surface area is 87.7 Å². The molecule has 0 bridgehead atoms. The van der Waals surface area contributed by atoms with Crippen molar-refractivity contribution in [3.63, 3.8) is 0 Å². The summed E-state index contributed by atoms with van der Waals surface area (Å²) in [5.74, 6) is 0. The molecule has 14 heavy (non-hydrogen) atoms. The summed E-state index contributed by atoms with van der Waals surface area (Å²) in [6.45, 7) is 11.1. The van der Waals surface area contributed by atoms with Gasteiger partial charge in [-0.3, -0.25) is 4.90 Å². The molecule has 78 valence electrons. The van der Waals surface area contributed by atoms with Crippen molar-refractivity contribution in [2.45, 2.75) is 39.8 Å². The van der Waals surface area contributed by atoms with E-state index in [1.165, 1.54) is 5.56 Å². The second-order valence-electron chi connectivity index (χ2n) is 4.67. The van der Waals surface area contributed by atoms with Crippen LogP contribution in [0.15, 0.2) is 30.3 Å². The van der Waals surface area contributed by atoms with Gasteiger partial charge in [0.25, 0.3) is 0 Å². The van der Waals surface area contributed by atoms with Gasteiger partial charge in [-0.25, -0.2) is 0 Å². The lowest BCUT2D eigenvalue weighted by Crippen LogP contribution is -2.40. The van der Waals surface area contributed by atoms with Crippen molar-refractivity contribution >= 4 is 0 Å². The van der Waals surface area contributed by atoms with E-state index in [2.05, 4.69) is 62.9 Å². The van der Waals surface area contributed by atoms with Crippen LogP contribution in [0.4, 0.5) is 0 Å². The van der Waals surface area contributed by atoms with Gasteiger partial charge in [-0.1, -0.05) is 37.3 Å². The smallest absolute Gasteiger partial charge is 0.0238 e. The molecule has 0 radical (unpaired) electrons. The van der Waals surface area contributed by atoms with Crippen LogP contribution in [0.3, 0.4) is 0 Å². The Balaban J connectivity index is 2.67. The van der Waals surface area contributed by atoms with Crippen molar-refractivity contribution in [1.82, 2.24) is 4.90 Å². The number of benzene rings is 1. The average molecular weight is 191 g/mol. The molecule has 0 saturated heterocycles. The van der Waals surface area contributed by atoms with Crippen LogP contribution in [-0.2, 0) is 6.54 Å². The Kier molecular flexibility index (Phi) is 3.70. The number of nitrogens with zero attached hydrogens (tertiary/aromatic N) is 1. The van der Waals surface area contributed by atoms with E-state index in [9.17, 15) is 0 Å². The molecule has 0 N–H and O–H groups in total. The number of rotatable bonds is 3.